The van der Waals surface area contributed by atoms with Crippen LogP contribution in [0.5, 0.6) is 0 Å². The van der Waals surface area contributed by atoms with Gasteiger partial charge in [0.25, 0.3) is 0 Å². The molecule has 2 aliphatic rings. The van der Waals surface area contributed by atoms with E-state index in [9.17, 15) is 9.59 Å². The molecule has 2 amide bonds. The van der Waals surface area contributed by atoms with Crippen molar-refractivity contribution in [2.45, 2.75) is 18.5 Å². The fourth-order valence-corrected chi connectivity index (χ4v) is 1.96. The number of carbonyl (C=O) groups is 2. The summed E-state index contributed by atoms with van der Waals surface area (Å²) < 4.78 is 10.2. The lowest BCUT2D eigenvalue weighted by molar-refractivity contribution is -0.147. The number of nitrogens with zero attached hydrogens (tertiary/aromatic N) is 1. The summed E-state index contributed by atoms with van der Waals surface area (Å²) in [6, 6.07) is -1.26. The van der Waals surface area contributed by atoms with Crippen LogP contribution < -0.4 is 5.32 Å². The van der Waals surface area contributed by atoms with Gasteiger partial charge in [0, 0.05) is 13.2 Å². The first-order valence-electron chi connectivity index (χ1n) is 5.64. The molecule has 17 heavy (non-hydrogen) atoms. The van der Waals surface area contributed by atoms with Crippen molar-refractivity contribution in [3.05, 3.63) is 0 Å². The number of urea groups is 1. The molecule has 2 N–H and O–H groups in total. The lowest BCUT2D eigenvalue weighted by Gasteiger charge is -2.33. The molecular formula is C10H16N2O5. The van der Waals surface area contributed by atoms with Gasteiger partial charge in [-0.1, -0.05) is 0 Å². The van der Waals surface area contributed by atoms with Crippen molar-refractivity contribution in [2.75, 3.05) is 33.0 Å². The monoisotopic (exact) mass is 244 g/mol. The number of carboxylic acid groups (broad SMARTS) is 1. The van der Waals surface area contributed by atoms with Gasteiger partial charge in [-0.25, -0.2) is 9.59 Å². The van der Waals surface area contributed by atoms with Crippen LogP contribution in [-0.2, 0) is 14.3 Å². The number of amides is 2. The Hall–Kier alpha value is -1.34. The van der Waals surface area contributed by atoms with Crippen LogP contribution in [0.15, 0.2) is 0 Å². The van der Waals surface area contributed by atoms with E-state index >= 15 is 0 Å². The van der Waals surface area contributed by atoms with E-state index in [1.165, 1.54) is 4.90 Å². The lowest BCUT2D eigenvalue weighted by Crippen LogP contribution is -2.57. The van der Waals surface area contributed by atoms with Crippen molar-refractivity contribution in [3.8, 4) is 0 Å². The van der Waals surface area contributed by atoms with Gasteiger partial charge >= 0.3 is 12.0 Å². The van der Waals surface area contributed by atoms with E-state index in [-0.39, 0.29) is 18.7 Å². The van der Waals surface area contributed by atoms with Crippen molar-refractivity contribution in [1.82, 2.24) is 10.2 Å². The van der Waals surface area contributed by atoms with Gasteiger partial charge in [0.1, 0.15) is 0 Å². The van der Waals surface area contributed by atoms with Gasteiger partial charge < -0.3 is 24.8 Å². The number of carboxylic acids is 1. The molecule has 2 unspecified atom stereocenters. The largest absolute Gasteiger partial charge is 0.480 e. The maximum atomic E-state index is 11.9. The number of rotatable bonds is 2. The molecule has 0 aromatic carbocycles. The van der Waals surface area contributed by atoms with Crippen LogP contribution in [-0.4, -0.2) is 67.1 Å². The standard InChI is InChI=1S/C10H16N2O5/c13-9(14)8-6-17-4-2-12(8)10(15)11-7-1-3-16-5-7/h7-8H,1-6H2,(H,11,15)(H,13,14). The number of carbonyl (C=O) groups excluding carboxylic acids is 1. The number of hydrogen-bond acceptors (Lipinski definition) is 4. The van der Waals surface area contributed by atoms with Gasteiger partial charge in [-0.3, -0.25) is 0 Å². The quantitative estimate of drug-likeness (QED) is 0.668. The SMILES string of the molecule is O=C(O)C1COCCN1C(=O)NC1CCOC1. The molecule has 2 heterocycles. The van der Waals surface area contributed by atoms with Crippen LogP contribution in [0.4, 0.5) is 4.79 Å². The van der Waals surface area contributed by atoms with Crippen molar-refractivity contribution in [3.63, 3.8) is 0 Å². The molecule has 2 aliphatic heterocycles. The maximum Gasteiger partial charge on any atom is 0.328 e. The van der Waals surface area contributed by atoms with Gasteiger partial charge in [0.05, 0.1) is 25.9 Å². The second-order valence-corrected chi connectivity index (χ2v) is 4.13. The van der Waals surface area contributed by atoms with Crippen LogP contribution in [0.1, 0.15) is 6.42 Å². The van der Waals surface area contributed by atoms with Gasteiger partial charge in [-0.2, -0.15) is 0 Å². The first-order chi connectivity index (χ1) is 8.18. The summed E-state index contributed by atoms with van der Waals surface area (Å²) in [6.07, 6.45) is 0.772. The summed E-state index contributed by atoms with van der Waals surface area (Å²) in [7, 11) is 0. The molecule has 0 spiro atoms. The topological polar surface area (TPSA) is 88.1 Å². The predicted octanol–water partition coefficient (Wildman–Crippen LogP) is -0.730. The minimum atomic E-state index is -1.04. The summed E-state index contributed by atoms with van der Waals surface area (Å²) in [5, 5.41) is 11.8. The fraction of sp³-hybridized carbons (Fsp3) is 0.800. The third-order valence-corrected chi connectivity index (χ3v) is 2.93. The van der Waals surface area contributed by atoms with E-state index in [1.54, 1.807) is 0 Å². The highest BCUT2D eigenvalue weighted by Crippen LogP contribution is 2.10. The molecule has 96 valence electrons. The molecule has 0 aromatic heterocycles. The third-order valence-electron chi connectivity index (χ3n) is 2.93. The fourth-order valence-electron chi connectivity index (χ4n) is 1.96. The average molecular weight is 244 g/mol. The molecule has 2 saturated heterocycles. The molecule has 0 bridgehead atoms. The van der Waals surface area contributed by atoms with E-state index in [0.29, 0.717) is 26.4 Å². The minimum Gasteiger partial charge on any atom is -0.480 e. The number of aliphatic carboxylic acids is 1. The van der Waals surface area contributed by atoms with Gasteiger partial charge in [0.15, 0.2) is 6.04 Å². The Morgan fingerprint density at radius 1 is 1.24 bits per heavy atom. The molecule has 2 atom stereocenters. The van der Waals surface area contributed by atoms with Crippen molar-refractivity contribution in [1.29, 1.82) is 0 Å². The number of ether oxygens (including phenoxy) is 2. The highest BCUT2D eigenvalue weighted by molar-refractivity contribution is 5.83. The van der Waals surface area contributed by atoms with Gasteiger partial charge in [-0.15, -0.1) is 0 Å². The van der Waals surface area contributed by atoms with Crippen LogP contribution in [0.25, 0.3) is 0 Å². The van der Waals surface area contributed by atoms with E-state index in [1.807, 2.05) is 0 Å². The van der Waals surface area contributed by atoms with E-state index in [0.717, 1.165) is 6.42 Å². The highest BCUT2D eigenvalue weighted by Gasteiger charge is 2.33. The third kappa shape index (κ3) is 2.86. The number of hydrogen-bond donors (Lipinski definition) is 2. The predicted molar refractivity (Wildman–Crippen MR) is 56.7 cm³/mol. The second kappa shape index (κ2) is 5.33. The summed E-state index contributed by atoms with van der Waals surface area (Å²) in [4.78, 5) is 24.2. The van der Waals surface area contributed by atoms with Crippen LogP contribution in [0.2, 0.25) is 0 Å². The van der Waals surface area contributed by atoms with Crippen LogP contribution in [0, 0.1) is 0 Å². The minimum absolute atomic E-state index is 0.0141. The lowest BCUT2D eigenvalue weighted by atomic mass is 10.2. The Bertz CT molecular complexity index is 303. The normalized spacial score (nSPS) is 29.1. The summed E-state index contributed by atoms with van der Waals surface area (Å²) in [5.41, 5.74) is 0. The zero-order chi connectivity index (χ0) is 12.3. The summed E-state index contributed by atoms with van der Waals surface area (Å²) in [5.74, 6) is -1.04. The Labute approximate surface area is 98.7 Å². The second-order valence-electron chi connectivity index (χ2n) is 4.13. The Morgan fingerprint density at radius 3 is 2.65 bits per heavy atom. The van der Waals surface area contributed by atoms with Crippen LogP contribution in [0.3, 0.4) is 0 Å². The smallest absolute Gasteiger partial charge is 0.328 e. The zero-order valence-electron chi connectivity index (χ0n) is 9.42. The summed E-state index contributed by atoms with van der Waals surface area (Å²) >= 11 is 0. The first-order valence-corrected chi connectivity index (χ1v) is 5.64. The molecule has 0 aliphatic carbocycles. The molecule has 0 saturated carbocycles. The van der Waals surface area contributed by atoms with Crippen molar-refractivity contribution in [2.24, 2.45) is 0 Å². The van der Waals surface area contributed by atoms with E-state index in [4.69, 9.17) is 14.6 Å². The van der Waals surface area contributed by atoms with Crippen molar-refractivity contribution < 1.29 is 24.2 Å². The van der Waals surface area contributed by atoms with Gasteiger partial charge in [0.2, 0.25) is 0 Å². The Kier molecular flexibility index (Phi) is 3.80. The first kappa shape index (κ1) is 12.1. The van der Waals surface area contributed by atoms with Crippen LogP contribution >= 0.6 is 0 Å². The molecule has 2 rings (SSSR count). The Morgan fingerprint density at radius 2 is 2.00 bits per heavy atom. The highest BCUT2D eigenvalue weighted by atomic mass is 16.5. The average Bonchev–Trinajstić information content (AvgIpc) is 2.81. The summed E-state index contributed by atoms with van der Waals surface area (Å²) in [6.45, 7) is 1.85. The number of morpholine rings is 1. The maximum absolute atomic E-state index is 11.9. The molecular weight excluding hydrogens is 228 g/mol. The molecule has 0 radical (unpaired) electrons. The zero-order valence-corrected chi connectivity index (χ0v) is 9.42. The van der Waals surface area contributed by atoms with Crippen molar-refractivity contribution >= 4 is 12.0 Å². The Balaban J connectivity index is 1.93. The number of nitrogens with one attached hydrogen (secondary N) is 1. The molecule has 0 aromatic rings. The van der Waals surface area contributed by atoms with E-state index < -0.39 is 12.0 Å². The van der Waals surface area contributed by atoms with Gasteiger partial charge in [-0.05, 0) is 6.42 Å². The molecule has 2 fully saturated rings. The van der Waals surface area contributed by atoms with E-state index in [2.05, 4.69) is 5.32 Å². The molecule has 7 nitrogen and oxygen atoms in total. The molecule has 7 heteroatoms.